The van der Waals surface area contributed by atoms with Gasteiger partial charge in [-0.05, 0) is 51.9 Å². The average molecular weight is 297 g/mol. The first-order chi connectivity index (χ1) is 8.00. The zero-order chi connectivity index (χ0) is 12.5. The first kappa shape index (κ1) is 12.9. The second-order valence-corrected chi connectivity index (χ2v) is 6.38. The molecule has 0 spiro atoms. The van der Waals surface area contributed by atoms with Crippen LogP contribution in [-0.2, 0) is 0 Å². The van der Waals surface area contributed by atoms with Crippen LogP contribution >= 0.6 is 15.9 Å². The fourth-order valence-electron chi connectivity index (χ4n) is 2.74. The van der Waals surface area contributed by atoms with Crippen molar-refractivity contribution in [1.82, 2.24) is 5.32 Å². The quantitative estimate of drug-likeness (QED) is 0.854. The molecule has 1 aliphatic rings. The molecule has 94 valence electrons. The molecule has 1 heterocycles. The van der Waals surface area contributed by atoms with Crippen LogP contribution in [0.3, 0.4) is 0 Å². The highest BCUT2D eigenvalue weighted by atomic mass is 79.9. The number of hydrogen-bond donors (Lipinski definition) is 1. The number of halogens is 1. The van der Waals surface area contributed by atoms with Crippen molar-refractivity contribution in [3.05, 3.63) is 28.7 Å². The third-order valence-electron chi connectivity index (χ3n) is 3.53. The minimum absolute atomic E-state index is 0.198. The van der Waals surface area contributed by atoms with E-state index in [1.54, 1.807) is 0 Å². The summed E-state index contributed by atoms with van der Waals surface area (Å²) in [6.45, 7) is 9.10. The van der Waals surface area contributed by atoms with E-state index in [9.17, 15) is 0 Å². The molecule has 1 N–H and O–H groups in total. The molecule has 0 aliphatic carbocycles. The van der Waals surface area contributed by atoms with Gasteiger partial charge in [-0.15, -0.1) is 0 Å². The zero-order valence-electron chi connectivity index (χ0n) is 10.8. The Hall–Kier alpha value is -0.540. The highest BCUT2D eigenvalue weighted by molar-refractivity contribution is 9.10. The monoisotopic (exact) mass is 296 g/mol. The van der Waals surface area contributed by atoms with Crippen LogP contribution in [0.5, 0.6) is 0 Å². The Morgan fingerprint density at radius 1 is 1.41 bits per heavy atom. The normalized spacial score (nSPS) is 24.5. The van der Waals surface area contributed by atoms with Gasteiger partial charge in [0.05, 0.1) is 0 Å². The van der Waals surface area contributed by atoms with Crippen molar-refractivity contribution >= 4 is 21.6 Å². The van der Waals surface area contributed by atoms with E-state index >= 15 is 0 Å². The third kappa shape index (κ3) is 2.83. The Bertz CT molecular complexity index is 390. The molecular weight excluding hydrogens is 276 g/mol. The van der Waals surface area contributed by atoms with Gasteiger partial charge < -0.3 is 10.2 Å². The highest BCUT2D eigenvalue weighted by Crippen LogP contribution is 2.31. The molecular formula is C14H21BrN2. The number of benzene rings is 1. The van der Waals surface area contributed by atoms with E-state index < -0.39 is 0 Å². The summed E-state index contributed by atoms with van der Waals surface area (Å²) in [6.07, 6.45) is 1.17. The van der Waals surface area contributed by atoms with Gasteiger partial charge in [0.25, 0.3) is 0 Å². The number of anilines is 1. The highest BCUT2D eigenvalue weighted by Gasteiger charge is 2.32. The number of hydrogen-bond acceptors (Lipinski definition) is 2. The third-order valence-corrected chi connectivity index (χ3v) is 4.03. The number of rotatable bonds is 1. The Morgan fingerprint density at radius 2 is 2.18 bits per heavy atom. The number of nitrogens with zero attached hydrogens (tertiary/aromatic N) is 1. The molecule has 0 aromatic heterocycles. The van der Waals surface area contributed by atoms with Gasteiger partial charge in [0, 0.05) is 28.3 Å². The SMILES string of the molecule is CC1CNCCC(C)(C)N1c1cccc(Br)c1. The molecule has 1 atom stereocenters. The van der Waals surface area contributed by atoms with Crippen LogP contribution in [0.25, 0.3) is 0 Å². The molecule has 0 amide bonds. The van der Waals surface area contributed by atoms with Crippen molar-refractivity contribution in [2.75, 3.05) is 18.0 Å². The van der Waals surface area contributed by atoms with Crippen LogP contribution in [0.1, 0.15) is 27.2 Å². The summed E-state index contributed by atoms with van der Waals surface area (Å²) in [7, 11) is 0. The summed E-state index contributed by atoms with van der Waals surface area (Å²) in [4.78, 5) is 2.54. The van der Waals surface area contributed by atoms with Crippen molar-refractivity contribution in [1.29, 1.82) is 0 Å². The molecule has 17 heavy (non-hydrogen) atoms. The van der Waals surface area contributed by atoms with Gasteiger partial charge in [-0.25, -0.2) is 0 Å². The maximum Gasteiger partial charge on any atom is 0.0391 e. The fraction of sp³-hybridized carbons (Fsp3) is 0.571. The maximum atomic E-state index is 3.56. The minimum Gasteiger partial charge on any atom is -0.362 e. The lowest BCUT2D eigenvalue weighted by molar-refractivity contribution is 0.426. The summed E-state index contributed by atoms with van der Waals surface area (Å²) in [5, 5.41) is 3.51. The van der Waals surface area contributed by atoms with Gasteiger partial charge in [-0.2, -0.15) is 0 Å². The molecule has 3 heteroatoms. The summed E-state index contributed by atoms with van der Waals surface area (Å²) in [5.74, 6) is 0. The molecule has 1 aromatic rings. The van der Waals surface area contributed by atoms with Crippen molar-refractivity contribution in [2.45, 2.75) is 38.8 Å². The van der Waals surface area contributed by atoms with Crippen molar-refractivity contribution in [2.24, 2.45) is 0 Å². The van der Waals surface area contributed by atoms with Gasteiger partial charge >= 0.3 is 0 Å². The lowest BCUT2D eigenvalue weighted by atomic mass is 9.96. The van der Waals surface area contributed by atoms with E-state index in [2.05, 4.69) is 71.2 Å². The molecule has 0 bridgehead atoms. The largest absolute Gasteiger partial charge is 0.362 e. The summed E-state index contributed by atoms with van der Waals surface area (Å²) in [5.41, 5.74) is 1.50. The smallest absolute Gasteiger partial charge is 0.0391 e. The lowest BCUT2D eigenvalue weighted by Gasteiger charge is -2.42. The first-order valence-corrected chi connectivity index (χ1v) is 7.06. The van der Waals surface area contributed by atoms with Crippen molar-refractivity contribution in [3.63, 3.8) is 0 Å². The Kier molecular flexibility index (Phi) is 3.79. The molecule has 2 rings (SSSR count). The molecule has 2 nitrogen and oxygen atoms in total. The number of nitrogens with one attached hydrogen (secondary N) is 1. The average Bonchev–Trinajstić information content (AvgIpc) is 2.36. The van der Waals surface area contributed by atoms with E-state index in [0.29, 0.717) is 6.04 Å². The van der Waals surface area contributed by atoms with Crippen LogP contribution in [0.2, 0.25) is 0 Å². The second-order valence-electron chi connectivity index (χ2n) is 5.47. The molecule has 0 saturated carbocycles. The topological polar surface area (TPSA) is 15.3 Å². The van der Waals surface area contributed by atoms with E-state index in [-0.39, 0.29) is 5.54 Å². The zero-order valence-corrected chi connectivity index (χ0v) is 12.4. The van der Waals surface area contributed by atoms with Gasteiger partial charge in [-0.1, -0.05) is 22.0 Å². The van der Waals surface area contributed by atoms with Crippen LogP contribution in [0.4, 0.5) is 5.69 Å². The Morgan fingerprint density at radius 3 is 2.88 bits per heavy atom. The Balaban J connectivity index is 2.38. The standard InChI is InChI=1S/C14H21BrN2/c1-11-10-16-8-7-14(2,3)17(11)13-6-4-5-12(15)9-13/h4-6,9,11,16H,7-8,10H2,1-3H3. The van der Waals surface area contributed by atoms with Crippen molar-refractivity contribution < 1.29 is 0 Å². The van der Waals surface area contributed by atoms with Crippen LogP contribution in [0, 0.1) is 0 Å². The predicted octanol–water partition coefficient (Wildman–Crippen LogP) is 3.42. The summed E-state index contributed by atoms with van der Waals surface area (Å²) >= 11 is 3.56. The molecule has 1 unspecified atom stereocenters. The first-order valence-electron chi connectivity index (χ1n) is 6.26. The molecule has 1 aliphatic heterocycles. The van der Waals surface area contributed by atoms with Crippen LogP contribution in [-0.4, -0.2) is 24.7 Å². The van der Waals surface area contributed by atoms with Crippen molar-refractivity contribution in [3.8, 4) is 0 Å². The second kappa shape index (κ2) is 4.99. The summed E-state index contributed by atoms with van der Waals surface area (Å²) < 4.78 is 1.15. The lowest BCUT2D eigenvalue weighted by Crippen LogP contribution is -2.49. The van der Waals surface area contributed by atoms with Gasteiger partial charge in [0.15, 0.2) is 0 Å². The van der Waals surface area contributed by atoms with E-state index in [0.717, 1.165) is 17.6 Å². The fourth-order valence-corrected chi connectivity index (χ4v) is 3.13. The molecule has 0 radical (unpaired) electrons. The predicted molar refractivity (Wildman–Crippen MR) is 77.6 cm³/mol. The van der Waals surface area contributed by atoms with E-state index in [1.807, 2.05) is 0 Å². The van der Waals surface area contributed by atoms with Gasteiger partial charge in [0.1, 0.15) is 0 Å². The molecule has 1 saturated heterocycles. The van der Waals surface area contributed by atoms with Crippen LogP contribution in [0.15, 0.2) is 28.7 Å². The minimum atomic E-state index is 0.198. The maximum absolute atomic E-state index is 3.56. The Labute approximate surface area is 113 Å². The molecule has 1 fully saturated rings. The van der Waals surface area contributed by atoms with Gasteiger partial charge in [0.2, 0.25) is 0 Å². The van der Waals surface area contributed by atoms with Crippen LogP contribution < -0.4 is 10.2 Å². The van der Waals surface area contributed by atoms with Gasteiger partial charge in [-0.3, -0.25) is 0 Å². The summed E-state index contributed by atoms with van der Waals surface area (Å²) in [6, 6.07) is 9.12. The van der Waals surface area contributed by atoms with E-state index in [1.165, 1.54) is 12.1 Å². The van der Waals surface area contributed by atoms with E-state index in [4.69, 9.17) is 0 Å². The molecule has 1 aromatic carbocycles.